The van der Waals surface area contributed by atoms with Crippen LogP contribution in [0.25, 0.3) is 0 Å². The number of nitrogens with one attached hydrogen (secondary N) is 1. The van der Waals surface area contributed by atoms with Gasteiger partial charge in [0.2, 0.25) is 0 Å². The van der Waals surface area contributed by atoms with Gasteiger partial charge in [0, 0.05) is 31.5 Å². The van der Waals surface area contributed by atoms with E-state index >= 15 is 0 Å². The summed E-state index contributed by atoms with van der Waals surface area (Å²) in [6, 6.07) is 15.4. The predicted octanol–water partition coefficient (Wildman–Crippen LogP) is 2.77. The van der Waals surface area contributed by atoms with Gasteiger partial charge in [-0.1, -0.05) is 18.2 Å². The molecule has 6 nitrogen and oxygen atoms in total. The van der Waals surface area contributed by atoms with E-state index in [9.17, 15) is 13.8 Å². The first-order valence-corrected chi connectivity index (χ1v) is 9.81. The Labute approximate surface area is 164 Å². The lowest BCUT2D eigenvalue weighted by molar-refractivity contribution is 0.0948. The summed E-state index contributed by atoms with van der Waals surface area (Å²) in [5.74, 6) is -0.532. The quantitative estimate of drug-likeness (QED) is 0.745. The van der Waals surface area contributed by atoms with Crippen molar-refractivity contribution in [1.82, 2.24) is 10.3 Å². The largest absolute Gasteiger partial charge is 0.348 e. The van der Waals surface area contributed by atoms with E-state index in [0.717, 1.165) is 5.56 Å². The van der Waals surface area contributed by atoms with Gasteiger partial charge in [-0.3, -0.25) is 14.6 Å². The fraction of sp³-hybridized carbons (Fsp3) is 0.0952. The fourth-order valence-corrected chi connectivity index (χ4v) is 4.45. The van der Waals surface area contributed by atoms with Gasteiger partial charge in [-0.25, -0.2) is 4.21 Å². The maximum absolute atomic E-state index is 13.0. The highest BCUT2D eigenvalue weighted by molar-refractivity contribution is 7.85. The zero-order chi connectivity index (χ0) is 19.7. The van der Waals surface area contributed by atoms with Crippen molar-refractivity contribution in [2.24, 2.45) is 0 Å². The number of rotatable bonds is 3. The number of nitrogens with zero attached hydrogens (tertiary/aromatic N) is 2. The van der Waals surface area contributed by atoms with Crippen LogP contribution in [0.1, 0.15) is 26.3 Å². The van der Waals surface area contributed by atoms with Gasteiger partial charge in [0.05, 0.1) is 31.8 Å². The molecular formula is C21H17N3O3S. The molecule has 2 amide bonds. The standard InChI is InChI=1S/C21H17N3O3S/c1-24-17-11-15(20(25)23-13-14-5-4-10-22-12-14)8-9-19(17)28(27)18-7-3-2-6-16(18)21(24)26/h2-12H,13H2,1H3,(H,23,25). The van der Waals surface area contributed by atoms with E-state index in [4.69, 9.17) is 0 Å². The Morgan fingerprint density at radius 3 is 2.71 bits per heavy atom. The minimum Gasteiger partial charge on any atom is -0.348 e. The van der Waals surface area contributed by atoms with Crippen LogP contribution in [0, 0.1) is 0 Å². The number of anilines is 1. The van der Waals surface area contributed by atoms with E-state index in [2.05, 4.69) is 10.3 Å². The average molecular weight is 391 g/mol. The molecule has 1 atom stereocenters. The number of carbonyl (C=O) groups is 2. The molecule has 0 bridgehead atoms. The normalized spacial score (nSPS) is 15.4. The lowest BCUT2D eigenvalue weighted by Gasteiger charge is -2.18. The molecule has 0 saturated carbocycles. The molecule has 4 rings (SSSR count). The molecule has 2 aromatic carbocycles. The van der Waals surface area contributed by atoms with Crippen LogP contribution in [0.3, 0.4) is 0 Å². The van der Waals surface area contributed by atoms with Crippen LogP contribution in [0.15, 0.2) is 76.8 Å². The zero-order valence-corrected chi connectivity index (χ0v) is 15.9. The van der Waals surface area contributed by atoms with E-state index in [-0.39, 0.29) is 11.8 Å². The second-order valence-electron chi connectivity index (χ2n) is 6.36. The summed E-state index contributed by atoms with van der Waals surface area (Å²) >= 11 is 0. The molecular weight excluding hydrogens is 374 g/mol. The zero-order valence-electron chi connectivity index (χ0n) is 15.1. The number of amides is 2. The van der Waals surface area contributed by atoms with Crippen molar-refractivity contribution >= 4 is 28.3 Å². The van der Waals surface area contributed by atoms with E-state index in [1.54, 1.807) is 68.0 Å². The molecule has 2 heterocycles. The first kappa shape index (κ1) is 18.1. The molecule has 1 N–H and O–H groups in total. The van der Waals surface area contributed by atoms with Crippen molar-refractivity contribution in [2.45, 2.75) is 16.3 Å². The number of aromatic nitrogens is 1. The van der Waals surface area contributed by atoms with Gasteiger partial charge in [-0.05, 0) is 42.0 Å². The van der Waals surface area contributed by atoms with Crippen LogP contribution in [-0.2, 0) is 17.3 Å². The maximum Gasteiger partial charge on any atom is 0.259 e. The highest BCUT2D eigenvalue weighted by atomic mass is 32.2. The molecule has 0 saturated heterocycles. The van der Waals surface area contributed by atoms with E-state index in [1.807, 2.05) is 6.07 Å². The Hall–Kier alpha value is -3.32. The monoisotopic (exact) mass is 391 g/mol. The van der Waals surface area contributed by atoms with Gasteiger partial charge in [0.25, 0.3) is 11.8 Å². The third-order valence-corrected chi connectivity index (χ3v) is 6.08. The number of carbonyl (C=O) groups excluding carboxylic acids is 2. The van der Waals surface area contributed by atoms with Gasteiger partial charge in [-0.15, -0.1) is 0 Å². The predicted molar refractivity (Wildman–Crippen MR) is 106 cm³/mol. The van der Waals surface area contributed by atoms with Crippen LogP contribution < -0.4 is 10.2 Å². The van der Waals surface area contributed by atoms with Crippen molar-refractivity contribution in [3.05, 3.63) is 83.7 Å². The molecule has 1 aromatic heterocycles. The number of pyridine rings is 1. The van der Waals surface area contributed by atoms with Gasteiger partial charge in [0.1, 0.15) is 0 Å². The summed E-state index contributed by atoms with van der Waals surface area (Å²) in [4.78, 5) is 31.8. The van der Waals surface area contributed by atoms with Crippen molar-refractivity contribution in [3.8, 4) is 0 Å². The smallest absolute Gasteiger partial charge is 0.259 e. The van der Waals surface area contributed by atoms with E-state index < -0.39 is 10.8 Å². The summed E-state index contributed by atoms with van der Waals surface area (Å²) in [6.07, 6.45) is 3.35. The Morgan fingerprint density at radius 1 is 1.11 bits per heavy atom. The number of fused-ring (bicyclic) bond motifs is 2. The fourth-order valence-electron chi connectivity index (χ4n) is 3.08. The first-order chi connectivity index (χ1) is 13.6. The summed E-state index contributed by atoms with van der Waals surface area (Å²) < 4.78 is 13.0. The lowest BCUT2D eigenvalue weighted by atomic mass is 10.1. The van der Waals surface area contributed by atoms with Gasteiger partial charge < -0.3 is 10.2 Å². The van der Waals surface area contributed by atoms with E-state index in [0.29, 0.717) is 33.2 Å². The summed E-state index contributed by atoms with van der Waals surface area (Å²) in [5.41, 5.74) is 2.15. The minimum atomic E-state index is -1.51. The van der Waals surface area contributed by atoms with Crippen molar-refractivity contribution in [2.75, 3.05) is 11.9 Å². The molecule has 1 aliphatic rings. The lowest BCUT2D eigenvalue weighted by Crippen LogP contribution is -2.27. The first-order valence-electron chi connectivity index (χ1n) is 8.66. The molecule has 0 fully saturated rings. The van der Waals surface area contributed by atoms with Crippen LogP contribution in [0.4, 0.5) is 5.69 Å². The average Bonchev–Trinajstić information content (AvgIpc) is 2.83. The van der Waals surface area contributed by atoms with Crippen LogP contribution in [0.2, 0.25) is 0 Å². The number of benzene rings is 2. The SMILES string of the molecule is CN1C(=O)c2ccccc2S(=O)c2ccc(C(=O)NCc3cccnc3)cc21. The summed E-state index contributed by atoms with van der Waals surface area (Å²) in [7, 11) is 0.117. The van der Waals surface area contributed by atoms with Gasteiger partial charge >= 0.3 is 0 Å². The second kappa shape index (κ2) is 7.36. The number of hydrogen-bond acceptors (Lipinski definition) is 4. The molecule has 1 aliphatic heterocycles. The molecule has 7 heteroatoms. The number of hydrogen-bond donors (Lipinski definition) is 1. The topological polar surface area (TPSA) is 79.4 Å². The Morgan fingerprint density at radius 2 is 1.93 bits per heavy atom. The molecule has 0 spiro atoms. The maximum atomic E-state index is 13.0. The van der Waals surface area contributed by atoms with Crippen LogP contribution in [-0.4, -0.2) is 28.1 Å². The van der Waals surface area contributed by atoms with Crippen LogP contribution in [0.5, 0.6) is 0 Å². The Kier molecular flexibility index (Phi) is 4.75. The molecule has 28 heavy (non-hydrogen) atoms. The minimum absolute atomic E-state index is 0.254. The van der Waals surface area contributed by atoms with Crippen LogP contribution >= 0.6 is 0 Å². The van der Waals surface area contributed by atoms with Gasteiger partial charge in [-0.2, -0.15) is 0 Å². The molecule has 140 valence electrons. The summed E-state index contributed by atoms with van der Waals surface area (Å²) in [6.45, 7) is 0.343. The Bertz CT molecular complexity index is 1100. The third kappa shape index (κ3) is 3.20. The molecule has 0 radical (unpaired) electrons. The highest BCUT2D eigenvalue weighted by Gasteiger charge is 2.29. The van der Waals surface area contributed by atoms with Crippen molar-refractivity contribution in [3.63, 3.8) is 0 Å². The third-order valence-electron chi connectivity index (χ3n) is 4.58. The highest BCUT2D eigenvalue weighted by Crippen LogP contribution is 2.34. The summed E-state index contributed by atoms with van der Waals surface area (Å²) in [5, 5.41) is 2.83. The Balaban J connectivity index is 1.66. The molecule has 3 aromatic rings. The van der Waals surface area contributed by atoms with Gasteiger partial charge in [0.15, 0.2) is 0 Å². The van der Waals surface area contributed by atoms with Crippen molar-refractivity contribution in [1.29, 1.82) is 0 Å². The van der Waals surface area contributed by atoms with Crippen molar-refractivity contribution < 1.29 is 13.8 Å². The molecule has 0 aliphatic carbocycles. The van der Waals surface area contributed by atoms with E-state index in [1.165, 1.54) is 4.90 Å². The molecule has 1 unspecified atom stereocenters. The second-order valence-corrected chi connectivity index (χ2v) is 7.77.